The molecule has 0 aliphatic heterocycles. The van der Waals surface area contributed by atoms with Crippen molar-refractivity contribution in [3.05, 3.63) is 29.8 Å². The lowest BCUT2D eigenvalue weighted by Gasteiger charge is -2.36. The van der Waals surface area contributed by atoms with Gasteiger partial charge in [-0.1, -0.05) is 26.0 Å². The minimum Gasteiger partial charge on any atom is -0.324 e. The van der Waals surface area contributed by atoms with E-state index in [1.807, 2.05) is 24.3 Å². The molecule has 1 aromatic carbocycles. The lowest BCUT2D eigenvalue weighted by molar-refractivity contribution is -0.123. The van der Waals surface area contributed by atoms with Crippen molar-refractivity contribution in [2.75, 3.05) is 5.32 Å². The number of benzene rings is 1. The first-order valence-electron chi connectivity index (χ1n) is 6.21. The van der Waals surface area contributed by atoms with Gasteiger partial charge in [-0.2, -0.15) is 0 Å². The van der Waals surface area contributed by atoms with Crippen molar-refractivity contribution < 1.29 is 4.79 Å². The van der Waals surface area contributed by atoms with Crippen LogP contribution in [0.4, 0.5) is 5.69 Å². The van der Waals surface area contributed by atoms with Crippen LogP contribution in [0.25, 0.3) is 0 Å². The maximum Gasteiger partial charge on any atom is 0.244 e. The summed E-state index contributed by atoms with van der Waals surface area (Å²) in [5.41, 5.74) is 7.43. The summed E-state index contributed by atoms with van der Waals surface area (Å²) in [6, 6.07) is 7.97. The van der Waals surface area contributed by atoms with Gasteiger partial charge in [-0.05, 0) is 42.9 Å². The number of carbonyl (C=O) groups is 1. The van der Waals surface area contributed by atoms with Gasteiger partial charge >= 0.3 is 0 Å². The zero-order valence-corrected chi connectivity index (χ0v) is 10.5. The summed E-state index contributed by atoms with van der Waals surface area (Å²) in [6.45, 7) is 4.30. The Balaban J connectivity index is 2.01. The lowest BCUT2D eigenvalue weighted by atomic mass is 9.77. The predicted octanol–water partition coefficient (Wildman–Crippen LogP) is 2.63. The van der Waals surface area contributed by atoms with E-state index >= 15 is 0 Å². The summed E-state index contributed by atoms with van der Waals surface area (Å²) in [5, 5.41) is 2.89. The van der Waals surface area contributed by atoms with Gasteiger partial charge in [-0.3, -0.25) is 4.79 Å². The Morgan fingerprint density at radius 2 is 1.88 bits per heavy atom. The van der Waals surface area contributed by atoms with Gasteiger partial charge in [0.15, 0.2) is 0 Å². The third-order valence-electron chi connectivity index (χ3n) is 3.53. The molecule has 3 N–H and O–H groups in total. The molecule has 1 aliphatic rings. The smallest absolute Gasteiger partial charge is 0.244 e. The number of nitrogens with two attached hydrogens (primary N) is 1. The highest BCUT2D eigenvalue weighted by Crippen LogP contribution is 2.30. The van der Waals surface area contributed by atoms with Gasteiger partial charge in [0.2, 0.25) is 5.91 Å². The first-order chi connectivity index (χ1) is 8.01. The average Bonchev–Trinajstić information content (AvgIpc) is 2.26. The summed E-state index contributed by atoms with van der Waals surface area (Å²) in [7, 11) is 0. The van der Waals surface area contributed by atoms with Gasteiger partial charge in [-0.15, -0.1) is 0 Å². The van der Waals surface area contributed by atoms with Crippen molar-refractivity contribution in [2.45, 2.75) is 44.6 Å². The second-order valence-corrected chi connectivity index (χ2v) is 5.24. The third kappa shape index (κ3) is 2.50. The van der Waals surface area contributed by atoms with Crippen LogP contribution in [0.15, 0.2) is 24.3 Å². The molecule has 1 aromatic rings. The fourth-order valence-corrected chi connectivity index (χ4v) is 1.99. The van der Waals surface area contributed by atoms with Crippen LogP contribution in [0, 0.1) is 0 Å². The Kier molecular flexibility index (Phi) is 3.20. The fourth-order valence-electron chi connectivity index (χ4n) is 1.99. The molecule has 0 bridgehead atoms. The van der Waals surface area contributed by atoms with Crippen LogP contribution in [0.1, 0.15) is 44.6 Å². The molecule has 92 valence electrons. The Morgan fingerprint density at radius 3 is 2.29 bits per heavy atom. The van der Waals surface area contributed by atoms with Gasteiger partial charge in [0.1, 0.15) is 0 Å². The molecule has 0 spiro atoms. The van der Waals surface area contributed by atoms with Gasteiger partial charge in [0.25, 0.3) is 0 Å². The molecule has 0 unspecified atom stereocenters. The van der Waals surface area contributed by atoms with Gasteiger partial charge in [0.05, 0.1) is 5.54 Å². The van der Waals surface area contributed by atoms with Crippen molar-refractivity contribution in [1.82, 2.24) is 0 Å². The van der Waals surface area contributed by atoms with Crippen LogP contribution in [-0.2, 0) is 4.79 Å². The summed E-state index contributed by atoms with van der Waals surface area (Å²) in [5.74, 6) is 0.452. The molecule has 1 saturated carbocycles. The van der Waals surface area contributed by atoms with Crippen molar-refractivity contribution in [2.24, 2.45) is 5.73 Å². The SMILES string of the molecule is CC(C)c1ccc(NC(=O)C2(N)CCC2)cc1. The quantitative estimate of drug-likeness (QED) is 0.841. The molecular formula is C14H20N2O. The first kappa shape index (κ1) is 12.1. The molecule has 1 amide bonds. The zero-order valence-electron chi connectivity index (χ0n) is 10.5. The van der Waals surface area contributed by atoms with Crippen LogP contribution in [0.2, 0.25) is 0 Å². The van der Waals surface area contributed by atoms with E-state index in [4.69, 9.17) is 5.73 Å². The van der Waals surface area contributed by atoms with E-state index in [-0.39, 0.29) is 5.91 Å². The molecule has 1 fully saturated rings. The summed E-state index contributed by atoms with van der Waals surface area (Å²) >= 11 is 0. The monoisotopic (exact) mass is 232 g/mol. The topological polar surface area (TPSA) is 55.1 Å². The third-order valence-corrected chi connectivity index (χ3v) is 3.53. The molecular weight excluding hydrogens is 212 g/mol. The molecule has 0 atom stereocenters. The highest BCUT2D eigenvalue weighted by molar-refractivity contribution is 5.98. The van der Waals surface area contributed by atoms with E-state index in [0.717, 1.165) is 24.9 Å². The summed E-state index contributed by atoms with van der Waals surface area (Å²) in [4.78, 5) is 11.9. The number of carbonyl (C=O) groups excluding carboxylic acids is 1. The van der Waals surface area contributed by atoms with E-state index in [1.54, 1.807) is 0 Å². The molecule has 0 heterocycles. The second kappa shape index (κ2) is 4.49. The highest BCUT2D eigenvalue weighted by Gasteiger charge is 2.40. The standard InChI is InChI=1S/C14H20N2O/c1-10(2)11-4-6-12(7-5-11)16-13(17)14(15)8-3-9-14/h4-7,10H,3,8-9,15H2,1-2H3,(H,16,17). The van der Waals surface area contributed by atoms with Crippen molar-refractivity contribution in [3.8, 4) is 0 Å². The van der Waals surface area contributed by atoms with Crippen LogP contribution in [0.5, 0.6) is 0 Å². The number of anilines is 1. The van der Waals surface area contributed by atoms with E-state index < -0.39 is 5.54 Å². The van der Waals surface area contributed by atoms with Crippen LogP contribution in [0.3, 0.4) is 0 Å². The zero-order chi connectivity index (χ0) is 12.5. The normalized spacial score (nSPS) is 17.6. The Morgan fingerprint density at radius 1 is 1.29 bits per heavy atom. The minimum atomic E-state index is -0.628. The molecule has 1 aliphatic carbocycles. The maximum atomic E-state index is 11.9. The molecule has 0 saturated heterocycles. The van der Waals surface area contributed by atoms with E-state index in [9.17, 15) is 4.79 Å². The molecule has 0 radical (unpaired) electrons. The number of hydrogen-bond donors (Lipinski definition) is 2. The summed E-state index contributed by atoms with van der Waals surface area (Å²) < 4.78 is 0. The molecule has 3 nitrogen and oxygen atoms in total. The van der Waals surface area contributed by atoms with Crippen molar-refractivity contribution >= 4 is 11.6 Å². The van der Waals surface area contributed by atoms with Gasteiger partial charge in [0, 0.05) is 5.69 Å². The molecule has 3 heteroatoms. The van der Waals surface area contributed by atoms with E-state index in [0.29, 0.717) is 5.92 Å². The van der Waals surface area contributed by atoms with Crippen molar-refractivity contribution in [3.63, 3.8) is 0 Å². The van der Waals surface area contributed by atoms with Crippen LogP contribution >= 0.6 is 0 Å². The first-order valence-corrected chi connectivity index (χ1v) is 6.21. The van der Waals surface area contributed by atoms with Gasteiger partial charge in [-0.25, -0.2) is 0 Å². The Hall–Kier alpha value is -1.35. The molecule has 17 heavy (non-hydrogen) atoms. The summed E-state index contributed by atoms with van der Waals surface area (Å²) in [6.07, 6.45) is 2.64. The van der Waals surface area contributed by atoms with Crippen LogP contribution in [-0.4, -0.2) is 11.4 Å². The lowest BCUT2D eigenvalue weighted by Crippen LogP contribution is -2.56. The minimum absolute atomic E-state index is 0.0546. The maximum absolute atomic E-state index is 11.9. The highest BCUT2D eigenvalue weighted by atomic mass is 16.2. The Bertz CT molecular complexity index is 405. The largest absolute Gasteiger partial charge is 0.324 e. The van der Waals surface area contributed by atoms with Gasteiger partial charge < -0.3 is 11.1 Å². The fraction of sp³-hybridized carbons (Fsp3) is 0.500. The molecule has 0 aromatic heterocycles. The average molecular weight is 232 g/mol. The predicted molar refractivity (Wildman–Crippen MR) is 69.9 cm³/mol. The molecule has 2 rings (SSSR count). The number of rotatable bonds is 3. The number of amides is 1. The van der Waals surface area contributed by atoms with E-state index in [2.05, 4.69) is 19.2 Å². The second-order valence-electron chi connectivity index (χ2n) is 5.24. The van der Waals surface area contributed by atoms with E-state index in [1.165, 1.54) is 5.56 Å². The number of nitrogens with one attached hydrogen (secondary N) is 1. The van der Waals surface area contributed by atoms with Crippen molar-refractivity contribution in [1.29, 1.82) is 0 Å². The van der Waals surface area contributed by atoms with Crippen LogP contribution < -0.4 is 11.1 Å². The Labute approximate surface area is 102 Å². The number of hydrogen-bond acceptors (Lipinski definition) is 2.